The van der Waals surface area contributed by atoms with Gasteiger partial charge in [-0.15, -0.1) is 0 Å². The molecule has 1 amide bonds. The van der Waals surface area contributed by atoms with Crippen LogP contribution in [0.5, 0.6) is 5.75 Å². The lowest BCUT2D eigenvalue weighted by atomic mass is 10.2. The summed E-state index contributed by atoms with van der Waals surface area (Å²) in [5.41, 5.74) is 2.93. The number of benzene rings is 2. The molecule has 1 aliphatic rings. The van der Waals surface area contributed by atoms with E-state index in [4.69, 9.17) is 9.47 Å². The molecule has 128 valence electrons. The van der Waals surface area contributed by atoms with Gasteiger partial charge in [0.05, 0.1) is 23.5 Å². The number of H-pyrrole nitrogens is 1. The minimum absolute atomic E-state index is 0.166. The topological polar surface area (TPSA) is 76.2 Å². The normalized spacial score (nSPS) is 16.9. The Hall–Kier alpha value is -2.86. The number of nitrogens with zero attached hydrogens (tertiary/aromatic N) is 1. The van der Waals surface area contributed by atoms with Crippen LogP contribution in [0.3, 0.4) is 0 Å². The molecule has 4 rings (SSSR count). The lowest BCUT2D eigenvalue weighted by Gasteiger charge is -2.12. The minimum atomic E-state index is -0.173. The summed E-state index contributed by atoms with van der Waals surface area (Å²) in [6, 6.07) is 12.8. The van der Waals surface area contributed by atoms with E-state index in [-0.39, 0.29) is 12.0 Å². The van der Waals surface area contributed by atoms with E-state index >= 15 is 0 Å². The van der Waals surface area contributed by atoms with E-state index in [0.29, 0.717) is 17.9 Å². The zero-order valence-corrected chi connectivity index (χ0v) is 13.7. The monoisotopic (exact) mass is 337 g/mol. The van der Waals surface area contributed by atoms with E-state index in [1.165, 1.54) is 0 Å². The van der Waals surface area contributed by atoms with Crippen LogP contribution < -0.4 is 10.1 Å². The first-order chi connectivity index (χ1) is 12.3. The van der Waals surface area contributed by atoms with Crippen molar-refractivity contribution in [3.05, 3.63) is 54.4 Å². The molecular weight excluding hydrogens is 318 g/mol. The second-order valence-corrected chi connectivity index (χ2v) is 6.06. The van der Waals surface area contributed by atoms with Gasteiger partial charge in [0.1, 0.15) is 12.4 Å². The van der Waals surface area contributed by atoms with E-state index < -0.39 is 0 Å². The number of hydrogen-bond acceptors (Lipinski definition) is 4. The lowest BCUT2D eigenvalue weighted by Crippen LogP contribution is -2.16. The van der Waals surface area contributed by atoms with Gasteiger partial charge in [-0.1, -0.05) is 6.07 Å². The van der Waals surface area contributed by atoms with Crippen LogP contribution in [0.1, 0.15) is 23.2 Å². The van der Waals surface area contributed by atoms with Crippen LogP contribution in [0.4, 0.5) is 5.69 Å². The summed E-state index contributed by atoms with van der Waals surface area (Å²) >= 11 is 0. The van der Waals surface area contributed by atoms with Crippen molar-refractivity contribution in [2.24, 2.45) is 0 Å². The summed E-state index contributed by atoms with van der Waals surface area (Å²) in [5.74, 6) is 0.546. The number of hydrogen-bond donors (Lipinski definition) is 2. The summed E-state index contributed by atoms with van der Waals surface area (Å²) in [6.45, 7) is 1.35. The van der Waals surface area contributed by atoms with Crippen molar-refractivity contribution in [2.45, 2.75) is 18.9 Å². The number of fused-ring (bicyclic) bond motifs is 1. The molecule has 1 atom stereocenters. The van der Waals surface area contributed by atoms with Crippen LogP contribution in [-0.2, 0) is 4.74 Å². The third-order valence-electron chi connectivity index (χ3n) is 4.23. The molecule has 3 aromatic rings. The van der Waals surface area contributed by atoms with Gasteiger partial charge in [-0.05, 0) is 43.2 Å². The number of carbonyl (C=O) groups excluding carboxylic acids is 1. The van der Waals surface area contributed by atoms with Gasteiger partial charge in [0.15, 0.2) is 0 Å². The molecule has 0 saturated carbocycles. The number of imidazole rings is 1. The maximum absolute atomic E-state index is 12.5. The summed E-state index contributed by atoms with van der Waals surface area (Å²) in [6.07, 6.45) is 3.90. The van der Waals surface area contributed by atoms with Gasteiger partial charge in [0.2, 0.25) is 0 Å². The zero-order chi connectivity index (χ0) is 17.1. The fourth-order valence-corrected chi connectivity index (χ4v) is 2.91. The minimum Gasteiger partial charge on any atom is -0.491 e. The van der Waals surface area contributed by atoms with Crippen molar-refractivity contribution in [3.63, 3.8) is 0 Å². The molecule has 6 nitrogen and oxygen atoms in total. The van der Waals surface area contributed by atoms with Crippen molar-refractivity contribution in [2.75, 3.05) is 18.5 Å². The summed E-state index contributed by atoms with van der Waals surface area (Å²) in [4.78, 5) is 19.6. The standard InChI is InChI=1S/C19H19N3O3/c23-19(13-6-7-17-18(9-13)21-12-20-17)22-14-3-1-4-15(10-14)25-11-16-5-2-8-24-16/h1,3-4,6-7,9-10,12,16H,2,5,8,11H2,(H,20,21)(H,22,23)/t16-/m1/s1. The number of rotatable bonds is 5. The quantitative estimate of drug-likeness (QED) is 0.748. The van der Waals surface area contributed by atoms with E-state index in [1.54, 1.807) is 18.5 Å². The zero-order valence-electron chi connectivity index (χ0n) is 13.7. The predicted molar refractivity (Wildman–Crippen MR) is 95.0 cm³/mol. The Morgan fingerprint density at radius 1 is 1.32 bits per heavy atom. The van der Waals surface area contributed by atoms with Gasteiger partial charge in [-0.25, -0.2) is 4.98 Å². The van der Waals surface area contributed by atoms with Crippen molar-refractivity contribution in [1.29, 1.82) is 0 Å². The molecule has 0 unspecified atom stereocenters. The number of carbonyl (C=O) groups is 1. The Morgan fingerprint density at radius 2 is 2.28 bits per heavy atom. The van der Waals surface area contributed by atoms with Gasteiger partial charge < -0.3 is 19.8 Å². The van der Waals surface area contributed by atoms with E-state index in [9.17, 15) is 4.79 Å². The van der Waals surface area contributed by atoms with E-state index in [2.05, 4.69) is 15.3 Å². The highest BCUT2D eigenvalue weighted by molar-refractivity contribution is 6.05. The van der Waals surface area contributed by atoms with Crippen LogP contribution in [-0.4, -0.2) is 35.2 Å². The first-order valence-electron chi connectivity index (χ1n) is 8.37. The summed E-state index contributed by atoms with van der Waals surface area (Å²) < 4.78 is 11.3. The Balaban J connectivity index is 1.42. The van der Waals surface area contributed by atoms with Crippen molar-refractivity contribution in [1.82, 2.24) is 9.97 Å². The van der Waals surface area contributed by atoms with Crippen LogP contribution >= 0.6 is 0 Å². The number of anilines is 1. The molecule has 6 heteroatoms. The average molecular weight is 337 g/mol. The Morgan fingerprint density at radius 3 is 3.16 bits per heavy atom. The number of ether oxygens (including phenoxy) is 2. The number of aromatic amines is 1. The molecule has 1 aromatic heterocycles. The molecular formula is C19H19N3O3. The molecule has 0 bridgehead atoms. The van der Waals surface area contributed by atoms with Gasteiger partial charge in [-0.2, -0.15) is 0 Å². The number of nitrogens with one attached hydrogen (secondary N) is 2. The van der Waals surface area contributed by atoms with Crippen LogP contribution in [0.25, 0.3) is 11.0 Å². The molecule has 25 heavy (non-hydrogen) atoms. The average Bonchev–Trinajstić information content (AvgIpc) is 3.31. The number of amides is 1. The van der Waals surface area contributed by atoms with E-state index in [1.807, 2.05) is 30.3 Å². The number of aromatic nitrogens is 2. The molecule has 2 N–H and O–H groups in total. The highest BCUT2D eigenvalue weighted by Crippen LogP contribution is 2.21. The van der Waals surface area contributed by atoms with Gasteiger partial charge >= 0.3 is 0 Å². The second-order valence-electron chi connectivity index (χ2n) is 6.06. The molecule has 2 heterocycles. The summed E-state index contributed by atoms with van der Waals surface area (Å²) in [5, 5.41) is 2.90. The van der Waals surface area contributed by atoms with Crippen LogP contribution in [0.15, 0.2) is 48.8 Å². The molecule has 1 saturated heterocycles. The van der Waals surface area contributed by atoms with Crippen molar-refractivity contribution in [3.8, 4) is 5.75 Å². The molecule has 0 aliphatic carbocycles. The molecule has 0 radical (unpaired) electrons. The van der Waals surface area contributed by atoms with Gasteiger partial charge in [0, 0.05) is 23.9 Å². The molecule has 1 fully saturated rings. The van der Waals surface area contributed by atoms with Gasteiger partial charge in [0.25, 0.3) is 5.91 Å². The maximum Gasteiger partial charge on any atom is 0.255 e. The SMILES string of the molecule is O=C(Nc1cccc(OC[C@H]2CCCO2)c1)c1ccc2nc[nH]c2c1. The second kappa shape index (κ2) is 6.94. The molecule has 1 aliphatic heterocycles. The molecule has 2 aromatic carbocycles. The highest BCUT2D eigenvalue weighted by atomic mass is 16.5. The lowest BCUT2D eigenvalue weighted by molar-refractivity contribution is 0.0680. The third-order valence-corrected chi connectivity index (χ3v) is 4.23. The largest absolute Gasteiger partial charge is 0.491 e. The maximum atomic E-state index is 12.5. The fourth-order valence-electron chi connectivity index (χ4n) is 2.91. The van der Waals surface area contributed by atoms with E-state index in [0.717, 1.165) is 36.2 Å². The Kier molecular flexibility index (Phi) is 4.35. The predicted octanol–water partition coefficient (Wildman–Crippen LogP) is 3.37. The van der Waals surface area contributed by atoms with Crippen molar-refractivity contribution < 1.29 is 14.3 Å². The first-order valence-corrected chi connectivity index (χ1v) is 8.37. The fraction of sp³-hybridized carbons (Fsp3) is 0.263. The van der Waals surface area contributed by atoms with Gasteiger partial charge in [-0.3, -0.25) is 4.79 Å². The molecule has 0 spiro atoms. The Labute approximate surface area is 145 Å². The van der Waals surface area contributed by atoms with Crippen LogP contribution in [0.2, 0.25) is 0 Å². The smallest absolute Gasteiger partial charge is 0.255 e. The highest BCUT2D eigenvalue weighted by Gasteiger charge is 2.16. The first kappa shape index (κ1) is 15.7. The van der Waals surface area contributed by atoms with Crippen LogP contribution in [0, 0.1) is 0 Å². The Bertz CT molecular complexity index is 884. The van der Waals surface area contributed by atoms with Crippen molar-refractivity contribution >= 4 is 22.6 Å². The summed E-state index contributed by atoms with van der Waals surface area (Å²) in [7, 11) is 0. The third kappa shape index (κ3) is 3.64.